The summed E-state index contributed by atoms with van der Waals surface area (Å²) < 4.78 is 5.04. The third-order valence-electron chi connectivity index (χ3n) is 3.78. The van der Waals surface area contributed by atoms with Crippen molar-refractivity contribution in [2.45, 2.75) is 32.1 Å². The van der Waals surface area contributed by atoms with Crippen molar-refractivity contribution >= 4 is 17.5 Å². The van der Waals surface area contributed by atoms with Gasteiger partial charge in [-0.25, -0.2) is 0 Å². The van der Waals surface area contributed by atoms with Crippen molar-refractivity contribution in [1.82, 2.24) is 5.16 Å². The van der Waals surface area contributed by atoms with E-state index in [4.69, 9.17) is 10.3 Å². The lowest BCUT2D eigenvalue weighted by atomic mass is 9.83. The second-order valence-electron chi connectivity index (χ2n) is 5.21. The molecule has 0 spiro atoms. The minimum atomic E-state index is -0.0573. The highest BCUT2D eigenvalue weighted by atomic mass is 16.5. The predicted molar refractivity (Wildman–Crippen MR) is 76.4 cm³/mol. The first-order chi connectivity index (χ1) is 9.63. The van der Waals surface area contributed by atoms with E-state index in [1.165, 1.54) is 12.5 Å². The van der Waals surface area contributed by atoms with Crippen LogP contribution in [0.25, 0.3) is 0 Å². The molecule has 1 aliphatic carbocycles. The van der Waals surface area contributed by atoms with Crippen LogP contribution in [0.4, 0.5) is 11.6 Å². The molecule has 0 saturated heterocycles. The average Bonchev–Trinajstić information content (AvgIpc) is 2.80. The van der Waals surface area contributed by atoms with E-state index in [1.807, 2.05) is 12.1 Å². The molecule has 1 aromatic carbocycles. The number of anilines is 2. The van der Waals surface area contributed by atoms with Gasteiger partial charge in [-0.2, -0.15) is 0 Å². The molecular weight excluding hydrogens is 254 g/mol. The summed E-state index contributed by atoms with van der Waals surface area (Å²) in [5.74, 6) is 0.830. The van der Waals surface area contributed by atoms with E-state index in [2.05, 4.69) is 22.6 Å². The van der Waals surface area contributed by atoms with Gasteiger partial charge in [0.25, 0.3) is 0 Å². The van der Waals surface area contributed by atoms with Crippen molar-refractivity contribution < 1.29 is 9.32 Å². The maximum absolute atomic E-state index is 11.0. The van der Waals surface area contributed by atoms with Gasteiger partial charge in [-0.05, 0) is 36.5 Å². The maximum atomic E-state index is 11.0. The zero-order chi connectivity index (χ0) is 14.1. The molecule has 0 aliphatic heterocycles. The third kappa shape index (κ3) is 2.39. The fourth-order valence-corrected chi connectivity index (χ4v) is 2.77. The van der Waals surface area contributed by atoms with E-state index in [-0.39, 0.29) is 5.91 Å². The van der Waals surface area contributed by atoms with Gasteiger partial charge >= 0.3 is 0 Å². The van der Waals surface area contributed by atoms with Gasteiger partial charge in [0, 0.05) is 24.6 Å². The maximum Gasteiger partial charge on any atom is 0.225 e. The van der Waals surface area contributed by atoms with E-state index in [0.29, 0.717) is 11.8 Å². The van der Waals surface area contributed by atoms with Gasteiger partial charge < -0.3 is 15.6 Å². The lowest BCUT2D eigenvalue weighted by molar-refractivity contribution is -0.114. The number of fused-ring (bicyclic) bond motifs is 1. The second-order valence-corrected chi connectivity index (χ2v) is 5.21. The zero-order valence-corrected chi connectivity index (χ0v) is 11.3. The summed E-state index contributed by atoms with van der Waals surface area (Å²) in [6.07, 6.45) is 2.80. The first-order valence-electron chi connectivity index (χ1n) is 6.74. The molecule has 1 aromatic heterocycles. The molecule has 1 atom stereocenters. The highest BCUT2D eigenvalue weighted by Crippen LogP contribution is 2.34. The summed E-state index contributed by atoms with van der Waals surface area (Å²) in [4.78, 5) is 11.0. The van der Waals surface area contributed by atoms with Gasteiger partial charge in [-0.15, -0.1) is 0 Å². The summed E-state index contributed by atoms with van der Waals surface area (Å²) in [6, 6.07) is 7.99. The molecule has 1 aliphatic rings. The molecule has 5 nitrogen and oxygen atoms in total. The molecule has 3 N–H and O–H groups in total. The van der Waals surface area contributed by atoms with Crippen molar-refractivity contribution in [3.63, 3.8) is 0 Å². The Kier molecular flexibility index (Phi) is 3.18. The molecule has 1 amide bonds. The van der Waals surface area contributed by atoms with Crippen LogP contribution in [0, 0.1) is 0 Å². The Morgan fingerprint density at radius 3 is 2.85 bits per heavy atom. The molecule has 3 rings (SSSR count). The van der Waals surface area contributed by atoms with E-state index in [1.54, 1.807) is 0 Å². The lowest BCUT2D eigenvalue weighted by Crippen LogP contribution is -2.13. The number of hydrogen-bond acceptors (Lipinski definition) is 4. The monoisotopic (exact) mass is 271 g/mol. The van der Waals surface area contributed by atoms with E-state index in [9.17, 15) is 4.79 Å². The Bertz CT molecular complexity index is 631. The quantitative estimate of drug-likeness (QED) is 0.879. The number of amides is 1. The summed E-state index contributed by atoms with van der Waals surface area (Å²) in [6.45, 7) is 1.51. The van der Waals surface area contributed by atoms with Crippen molar-refractivity contribution in [3.05, 3.63) is 41.1 Å². The average molecular weight is 271 g/mol. The fourth-order valence-electron chi connectivity index (χ4n) is 2.77. The molecule has 0 saturated carbocycles. The molecule has 1 unspecified atom stereocenters. The summed E-state index contributed by atoms with van der Waals surface area (Å²) in [5.41, 5.74) is 9.86. The number of hydrogen-bond donors (Lipinski definition) is 2. The molecule has 5 heteroatoms. The SMILES string of the molecule is CC(=O)Nc1ccc(C2CCc3c(noc3N)C2)cc1. The zero-order valence-electron chi connectivity index (χ0n) is 11.3. The van der Waals surface area contributed by atoms with Crippen LogP contribution in [0.1, 0.15) is 36.1 Å². The number of benzene rings is 1. The molecule has 1 heterocycles. The smallest absolute Gasteiger partial charge is 0.225 e. The van der Waals surface area contributed by atoms with Crippen LogP contribution in [0.15, 0.2) is 28.8 Å². The Morgan fingerprint density at radius 1 is 1.40 bits per heavy atom. The molecule has 0 bridgehead atoms. The number of carbonyl (C=O) groups is 1. The summed E-state index contributed by atoms with van der Waals surface area (Å²) in [5, 5.41) is 6.80. The minimum Gasteiger partial charge on any atom is -0.367 e. The van der Waals surface area contributed by atoms with E-state index < -0.39 is 0 Å². The Labute approximate surface area is 117 Å². The van der Waals surface area contributed by atoms with Crippen molar-refractivity contribution in [2.75, 3.05) is 11.1 Å². The predicted octanol–water partition coefficient (Wildman–Crippen LogP) is 2.49. The number of carbonyl (C=O) groups excluding carboxylic acids is 1. The summed E-state index contributed by atoms with van der Waals surface area (Å²) >= 11 is 0. The van der Waals surface area contributed by atoms with Gasteiger partial charge in [0.15, 0.2) is 0 Å². The van der Waals surface area contributed by atoms with E-state index in [0.717, 1.165) is 36.2 Å². The highest BCUT2D eigenvalue weighted by molar-refractivity contribution is 5.88. The van der Waals surface area contributed by atoms with Gasteiger partial charge in [0.05, 0.1) is 5.69 Å². The first kappa shape index (κ1) is 12.7. The first-order valence-corrected chi connectivity index (χ1v) is 6.74. The molecule has 2 aromatic rings. The van der Waals surface area contributed by atoms with Crippen LogP contribution in [0.5, 0.6) is 0 Å². The van der Waals surface area contributed by atoms with E-state index >= 15 is 0 Å². The summed E-state index contributed by atoms with van der Waals surface area (Å²) in [7, 11) is 0. The number of nitrogens with one attached hydrogen (secondary N) is 1. The standard InChI is InChI=1S/C15H17N3O2/c1-9(19)17-12-5-2-10(3-6-12)11-4-7-13-14(8-11)18-20-15(13)16/h2-3,5-6,11H,4,7-8,16H2,1H3,(H,17,19). The Balaban J connectivity index is 1.76. The number of nitrogens with zero attached hydrogens (tertiary/aromatic N) is 1. The molecule has 0 radical (unpaired) electrons. The lowest BCUT2D eigenvalue weighted by Gasteiger charge is -2.21. The van der Waals surface area contributed by atoms with Gasteiger partial charge in [-0.1, -0.05) is 17.3 Å². The topological polar surface area (TPSA) is 81.2 Å². The molecule has 20 heavy (non-hydrogen) atoms. The van der Waals surface area contributed by atoms with Crippen LogP contribution in [0.2, 0.25) is 0 Å². The number of aromatic nitrogens is 1. The largest absolute Gasteiger partial charge is 0.367 e. The normalized spacial score (nSPS) is 17.6. The highest BCUT2D eigenvalue weighted by Gasteiger charge is 2.25. The number of nitrogen functional groups attached to an aromatic ring is 1. The number of rotatable bonds is 2. The fraction of sp³-hybridized carbons (Fsp3) is 0.333. The van der Waals surface area contributed by atoms with Crippen LogP contribution in [-0.2, 0) is 17.6 Å². The van der Waals surface area contributed by atoms with Crippen molar-refractivity contribution in [3.8, 4) is 0 Å². The van der Waals surface area contributed by atoms with Crippen LogP contribution >= 0.6 is 0 Å². The van der Waals surface area contributed by atoms with Crippen LogP contribution in [0.3, 0.4) is 0 Å². The van der Waals surface area contributed by atoms with Crippen molar-refractivity contribution in [1.29, 1.82) is 0 Å². The minimum absolute atomic E-state index is 0.0573. The van der Waals surface area contributed by atoms with Crippen LogP contribution in [-0.4, -0.2) is 11.1 Å². The van der Waals surface area contributed by atoms with Crippen LogP contribution < -0.4 is 11.1 Å². The van der Waals surface area contributed by atoms with Gasteiger partial charge in [0.2, 0.25) is 11.8 Å². The second kappa shape index (κ2) is 5.00. The molecular formula is C15H17N3O2. The Hall–Kier alpha value is -2.30. The molecule has 0 fully saturated rings. The molecule has 104 valence electrons. The Morgan fingerprint density at radius 2 is 2.15 bits per heavy atom. The van der Waals surface area contributed by atoms with Gasteiger partial charge in [0.1, 0.15) is 0 Å². The number of nitrogens with two attached hydrogens (primary N) is 1. The third-order valence-corrected chi connectivity index (χ3v) is 3.78. The van der Waals surface area contributed by atoms with Crippen molar-refractivity contribution in [2.24, 2.45) is 0 Å². The van der Waals surface area contributed by atoms with Gasteiger partial charge in [-0.3, -0.25) is 4.79 Å².